The van der Waals surface area contributed by atoms with Crippen LogP contribution in [0.5, 0.6) is 0 Å². The van der Waals surface area contributed by atoms with E-state index in [9.17, 15) is 4.79 Å². The van der Waals surface area contributed by atoms with Crippen LogP contribution in [0, 0.1) is 0 Å². The zero-order valence-electron chi connectivity index (χ0n) is 11.2. The maximum Gasteiger partial charge on any atom is 0.242 e. The second kappa shape index (κ2) is 8.44. The number of nitrogens with one attached hydrogen (secondary N) is 2. The molecule has 5 N–H and O–H groups in total. The Morgan fingerprint density at radius 1 is 1.42 bits per heavy atom. The highest BCUT2D eigenvalue weighted by atomic mass is 16.2. The van der Waals surface area contributed by atoms with E-state index < -0.39 is 6.04 Å². The lowest BCUT2D eigenvalue weighted by molar-refractivity contribution is -0.117. The molecule has 1 heterocycles. The van der Waals surface area contributed by atoms with Crippen LogP contribution in [-0.4, -0.2) is 35.2 Å². The molecule has 0 radical (unpaired) electrons. The van der Waals surface area contributed by atoms with E-state index in [1.54, 1.807) is 19.2 Å². The van der Waals surface area contributed by atoms with Crippen molar-refractivity contribution in [1.82, 2.24) is 4.98 Å². The highest BCUT2D eigenvalue weighted by Crippen LogP contribution is 2.10. The van der Waals surface area contributed by atoms with Crippen molar-refractivity contribution < 1.29 is 9.90 Å². The maximum absolute atomic E-state index is 11.4. The van der Waals surface area contributed by atoms with Gasteiger partial charge in [-0.2, -0.15) is 0 Å². The summed E-state index contributed by atoms with van der Waals surface area (Å²) in [5, 5.41) is 14.5. The smallest absolute Gasteiger partial charge is 0.242 e. The summed E-state index contributed by atoms with van der Waals surface area (Å²) >= 11 is 0. The van der Waals surface area contributed by atoms with Gasteiger partial charge in [-0.25, -0.2) is 4.98 Å². The number of nitrogens with zero attached hydrogens (tertiary/aromatic N) is 1. The fraction of sp³-hybridized carbons (Fsp3) is 0.538. The van der Waals surface area contributed by atoms with Crippen molar-refractivity contribution in [1.29, 1.82) is 0 Å². The predicted molar refractivity (Wildman–Crippen MR) is 75.9 cm³/mol. The fourth-order valence-corrected chi connectivity index (χ4v) is 1.46. The number of hydrogen-bond donors (Lipinski definition) is 4. The third-order valence-electron chi connectivity index (χ3n) is 2.59. The Bertz CT molecular complexity index is 379. The third kappa shape index (κ3) is 6.17. The van der Waals surface area contributed by atoms with E-state index in [-0.39, 0.29) is 12.5 Å². The van der Waals surface area contributed by atoms with Gasteiger partial charge in [0, 0.05) is 13.2 Å². The van der Waals surface area contributed by atoms with E-state index >= 15 is 0 Å². The van der Waals surface area contributed by atoms with Crippen LogP contribution in [0.4, 0.5) is 11.5 Å². The van der Waals surface area contributed by atoms with Gasteiger partial charge in [0.2, 0.25) is 5.91 Å². The number of pyridine rings is 1. The van der Waals surface area contributed by atoms with Crippen LogP contribution < -0.4 is 16.4 Å². The highest BCUT2D eigenvalue weighted by molar-refractivity contribution is 5.93. The van der Waals surface area contributed by atoms with Gasteiger partial charge in [0.25, 0.3) is 0 Å². The molecule has 0 aliphatic carbocycles. The lowest BCUT2D eigenvalue weighted by Crippen LogP contribution is -2.32. The Kier molecular flexibility index (Phi) is 6.84. The molecule has 6 nitrogen and oxygen atoms in total. The van der Waals surface area contributed by atoms with Crippen molar-refractivity contribution in [3.63, 3.8) is 0 Å². The number of carbonyl (C=O) groups excluding carboxylic acids is 1. The fourth-order valence-electron chi connectivity index (χ4n) is 1.46. The van der Waals surface area contributed by atoms with Gasteiger partial charge >= 0.3 is 0 Å². The number of amides is 1. The Balaban J connectivity index is 2.33. The number of unbranched alkanes of at least 4 members (excludes halogenated alkanes) is 2. The first-order valence-electron chi connectivity index (χ1n) is 6.50. The molecule has 1 aromatic rings. The molecule has 1 rings (SSSR count). The summed E-state index contributed by atoms with van der Waals surface area (Å²) in [6, 6.07) is 3.04. The number of carbonyl (C=O) groups is 1. The van der Waals surface area contributed by atoms with Crippen molar-refractivity contribution in [2.24, 2.45) is 5.73 Å². The van der Waals surface area contributed by atoms with Crippen LogP contribution >= 0.6 is 0 Å². The van der Waals surface area contributed by atoms with Gasteiger partial charge in [0.1, 0.15) is 5.82 Å². The zero-order valence-corrected chi connectivity index (χ0v) is 11.2. The first-order valence-corrected chi connectivity index (χ1v) is 6.50. The van der Waals surface area contributed by atoms with Gasteiger partial charge in [0.05, 0.1) is 17.9 Å². The molecule has 6 heteroatoms. The molecule has 106 valence electrons. The highest BCUT2D eigenvalue weighted by Gasteiger charge is 2.07. The average molecular weight is 266 g/mol. The first-order chi connectivity index (χ1) is 9.13. The van der Waals surface area contributed by atoms with Crippen LogP contribution in [-0.2, 0) is 4.79 Å². The topological polar surface area (TPSA) is 100 Å². The second-order valence-electron chi connectivity index (χ2n) is 4.42. The molecule has 0 fully saturated rings. The van der Waals surface area contributed by atoms with E-state index in [0.29, 0.717) is 5.82 Å². The summed E-state index contributed by atoms with van der Waals surface area (Å²) in [6.45, 7) is 2.71. The lowest BCUT2D eigenvalue weighted by atomic mass is 10.2. The SMILES string of the molecule is CC(N)C(=O)Nc1ccc(NCCCCCO)cn1. The van der Waals surface area contributed by atoms with Crippen LogP contribution in [0.25, 0.3) is 0 Å². The molecule has 0 aromatic carbocycles. The molecular formula is C13H22N4O2. The maximum atomic E-state index is 11.4. The van der Waals surface area contributed by atoms with Gasteiger partial charge in [-0.05, 0) is 38.3 Å². The minimum atomic E-state index is -0.550. The molecule has 0 aliphatic heterocycles. The molecular weight excluding hydrogens is 244 g/mol. The standard InChI is InChI=1S/C13H22N4O2/c1-10(14)13(19)17-12-6-5-11(9-16-12)15-7-3-2-4-8-18/h5-6,9-10,15,18H,2-4,7-8,14H2,1H3,(H,16,17,19). The summed E-state index contributed by atoms with van der Waals surface area (Å²) in [7, 11) is 0. The molecule has 0 saturated heterocycles. The Hall–Kier alpha value is -1.66. The number of aliphatic hydroxyl groups is 1. The van der Waals surface area contributed by atoms with E-state index in [1.807, 2.05) is 6.07 Å². The number of aliphatic hydroxyl groups excluding tert-OH is 1. The average Bonchev–Trinajstić information content (AvgIpc) is 2.40. The van der Waals surface area contributed by atoms with Crippen LogP contribution in [0.3, 0.4) is 0 Å². The summed E-state index contributed by atoms with van der Waals surface area (Å²) in [5.74, 6) is 0.241. The first kappa shape index (κ1) is 15.4. The minimum absolute atomic E-state index is 0.246. The third-order valence-corrected chi connectivity index (χ3v) is 2.59. The minimum Gasteiger partial charge on any atom is -0.396 e. The van der Waals surface area contributed by atoms with Crippen LogP contribution in [0.1, 0.15) is 26.2 Å². The van der Waals surface area contributed by atoms with E-state index in [1.165, 1.54) is 0 Å². The Labute approximate surface area is 113 Å². The van der Waals surface area contributed by atoms with Crippen molar-refractivity contribution in [3.8, 4) is 0 Å². The van der Waals surface area contributed by atoms with Crippen LogP contribution in [0.2, 0.25) is 0 Å². The van der Waals surface area contributed by atoms with E-state index in [4.69, 9.17) is 10.8 Å². The number of anilines is 2. The van der Waals surface area contributed by atoms with E-state index in [0.717, 1.165) is 31.5 Å². The molecule has 0 bridgehead atoms. The quantitative estimate of drug-likeness (QED) is 0.525. The molecule has 0 saturated carbocycles. The summed E-state index contributed by atoms with van der Waals surface area (Å²) in [6.07, 6.45) is 4.51. The number of rotatable bonds is 8. The molecule has 1 unspecified atom stereocenters. The lowest BCUT2D eigenvalue weighted by Gasteiger charge is -2.09. The Morgan fingerprint density at radius 2 is 2.21 bits per heavy atom. The van der Waals surface area contributed by atoms with Gasteiger partial charge in [-0.3, -0.25) is 4.79 Å². The monoisotopic (exact) mass is 266 g/mol. The zero-order chi connectivity index (χ0) is 14.1. The largest absolute Gasteiger partial charge is 0.396 e. The number of hydrogen-bond acceptors (Lipinski definition) is 5. The molecule has 19 heavy (non-hydrogen) atoms. The van der Waals surface area contributed by atoms with Crippen molar-refractivity contribution in [3.05, 3.63) is 18.3 Å². The van der Waals surface area contributed by atoms with Crippen LogP contribution in [0.15, 0.2) is 18.3 Å². The summed E-state index contributed by atoms with van der Waals surface area (Å²) in [4.78, 5) is 15.5. The van der Waals surface area contributed by atoms with Crippen molar-refractivity contribution >= 4 is 17.4 Å². The number of nitrogens with two attached hydrogens (primary N) is 1. The molecule has 0 spiro atoms. The second-order valence-corrected chi connectivity index (χ2v) is 4.42. The molecule has 0 aliphatic rings. The molecule has 1 atom stereocenters. The van der Waals surface area contributed by atoms with Gasteiger partial charge < -0.3 is 21.5 Å². The summed E-state index contributed by atoms with van der Waals surface area (Å²) < 4.78 is 0. The predicted octanol–water partition coefficient (Wildman–Crippen LogP) is 0.942. The van der Waals surface area contributed by atoms with Gasteiger partial charge in [0.15, 0.2) is 0 Å². The van der Waals surface area contributed by atoms with Crippen molar-refractivity contribution in [2.75, 3.05) is 23.8 Å². The summed E-state index contributed by atoms with van der Waals surface area (Å²) in [5.41, 5.74) is 6.35. The molecule has 1 aromatic heterocycles. The van der Waals surface area contributed by atoms with Crippen molar-refractivity contribution in [2.45, 2.75) is 32.2 Å². The molecule has 1 amide bonds. The van der Waals surface area contributed by atoms with Gasteiger partial charge in [-0.1, -0.05) is 0 Å². The normalized spacial score (nSPS) is 11.9. The number of aromatic nitrogens is 1. The van der Waals surface area contributed by atoms with Gasteiger partial charge in [-0.15, -0.1) is 0 Å². The van der Waals surface area contributed by atoms with E-state index in [2.05, 4.69) is 15.6 Å². The Morgan fingerprint density at radius 3 is 2.79 bits per heavy atom.